The Morgan fingerprint density at radius 2 is 2.12 bits per heavy atom. The van der Waals surface area contributed by atoms with Gasteiger partial charge in [-0.05, 0) is 42.7 Å². The maximum atomic E-state index is 12.4. The smallest absolute Gasteiger partial charge is 0.244 e. The molecular weight excluding hydrogens is 388 g/mol. The molecule has 0 saturated carbocycles. The fourth-order valence-electron chi connectivity index (χ4n) is 2.58. The molecule has 0 radical (unpaired) electrons. The molecule has 6 heteroatoms. The van der Waals surface area contributed by atoms with Crippen LogP contribution in [0.15, 0.2) is 58.0 Å². The van der Waals surface area contributed by atoms with E-state index in [1.54, 1.807) is 22.5 Å². The van der Waals surface area contributed by atoms with Crippen LogP contribution in [0, 0.1) is 0 Å². The fraction of sp³-hybridized carbons (Fsp3) is 0.111. The third kappa shape index (κ3) is 3.55. The fourth-order valence-corrected chi connectivity index (χ4v) is 3.40. The van der Waals surface area contributed by atoms with E-state index in [-0.39, 0.29) is 12.5 Å². The second-order valence-electron chi connectivity index (χ2n) is 5.27. The van der Waals surface area contributed by atoms with Gasteiger partial charge >= 0.3 is 0 Å². The van der Waals surface area contributed by atoms with Crippen molar-refractivity contribution in [3.05, 3.63) is 58.7 Å². The SMILES string of the molecule is CSc1cccc(NC(=O)Cn2cc(C=O)c3cc(Br)ccc32)c1. The van der Waals surface area contributed by atoms with Crippen molar-refractivity contribution in [2.75, 3.05) is 11.6 Å². The summed E-state index contributed by atoms with van der Waals surface area (Å²) in [6.07, 6.45) is 4.51. The molecule has 0 bridgehead atoms. The standard InChI is InChI=1S/C18H15BrN2O2S/c1-24-15-4-2-3-14(8-15)20-18(23)10-21-9-12(11-22)16-7-13(19)5-6-17(16)21/h2-9,11H,10H2,1H3,(H,20,23). The van der Waals surface area contributed by atoms with Crippen LogP contribution in [0.1, 0.15) is 10.4 Å². The van der Waals surface area contributed by atoms with Gasteiger partial charge < -0.3 is 9.88 Å². The Kier molecular flexibility index (Phi) is 5.06. The van der Waals surface area contributed by atoms with Gasteiger partial charge in [-0.1, -0.05) is 22.0 Å². The van der Waals surface area contributed by atoms with E-state index in [2.05, 4.69) is 21.2 Å². The summed E-state index contributed by atoms with van der Waals surface area (Å²) >= 11 is 5.03. The van der Waals surface area contributed by atoms with Crippen molar-refractivity contribution < 1.29 is 9.59 Å². The van der Waals surface area contributed by atoms with E-state index in [0.717, 1.165) is 32.2 Å². The van der Waals surface area contributed by atoms with Crippen LogP contribution in [0.25, 0.3) is 10.9 Å². The third-order valence-electron chi connectivity index (χ3n) is 3.67. The normalized spacial score (nSPS) is 10.8. The molecule has 24 heavy (non-hydrogen) atoms. The van der Waals surface area contributed by atoms with Crippen molar-refractivity contribution in [3.8, 4) is 0 Å². The number of hydrogen-bond acceptors (Lipinski definition) is 3. The van der Waals surface area contributed by atoms with Gasteiger partial charge in [0, 0.05) is 37.7 Å². The lowest BCUT2D eigenvalue weighted by molar-refractivity contribution is -0.116. The molecule has 1 N–H and O–H groups in total. The first-order valence-electron chi connectivity index (χ1n) is 7.28. The number of anilines is 1. The van der Waals surface area contributed by atoms with Crippen molar-refractivity contribution in [1.29, 1.82) is 0 Å². The number of aromatic nitrogens is 1. The predicted molar refractivity (Wildman–Crippen MR) is 102 cm³/mol. The molecule has 0 spiro atoms. The van der Waals surface area contributed by atoms with E-state index in [4.69, 9.17) is 0 Å². The summed E-state index contributed by atoms with van der Waals surface area (Å²) in [5, 5.41) is 3.73. The van der Waals surface area contributed by atoms with E-state index in [1.165, 1.54) is 0 Å². The zero-order valence-corrected chi connectivity index (χ0v) is 15.4. The summed E-state index contributed by atoms with van der Waals surface area (Å²) in [6.45, 7) is 0.148. The highest BCUT2D eigenvalue weighted by Crippen LogP contribution is 2.24. The lowest BCUT2D eigenvalue weighted by atomic mass is 10.2. The molecule has 0 fully saturated rings. The first-order valence-corrected chi connectivity index (χ1v) is 9.30. The highest BCUT2D eigenvalue weighted by atomic mass is 79.9. The second kappa shape index (κ2) is 7.23. The van der Waals surface area contributed by atoms with Crippen LogP contribution in [0.5, 0.6) is 0 Å². The highest BCUT2D eigenvalue weighted by molar-refractivity contribution is 9.10. The van der Waals surface area contributed by atoms with Gasteiger partial charge in [-0.3, -0.25) is 9.59 Å². The van der Waals surface area contributed by atoms with Crippen molar-refractivity contribution >= 4 is 56.5 Å². The zero-order chi connectivity index (χ0) is 17.1. The first-order chi connectivity index (χ1) is 11.6. The van der Waals surface area contributed by atoms with Gasteiger partial charge in [-0.15, -0.1) is 11.8 Å². The number of aldehydes is 1. The molecule has 4 nitrogen and oxygen atoms in total. The molecule has 122 valence electrons. The number of rotatable bonds is 5. The maximum absolute atomic E-state index is 12.4. The van der Waals surface area contributed by atoms with Crippen LogP contribution in [0.2, 0.25) is 0 Å². The van der Waals surface area contributed by atoms with Crippen molar-refractivity contribution in [1.82, 2.24) is 4.57 Å². The van der Waals surface area contributed by atoms with Crippen LogP contribution in [0.4, 0.5) is 5.69 Å². The molecule has 0 aliphatic heterocycles. The summed E-state index contributed by atoms with van der Waals surface area (Å²) in [4.78, 5) is 24.7. The van der Waals surface area contributed by atoms with Crippen LogP contribution in [0.3, 0.4) is 0 Å². The molecule has 3 rings (SSSR count). The number of carbonyl (C=O) groups is 2. The molecule has 0 aliphatic rings. The predicted octanol–water partition coefficient (Wildman–Crippen LogP) is 4.58. The molecule has 0 unspecified atom stereocenters. The number of nitrogens with one attached hydrogen (secondary N) is 1. The number of benzene rings is 2. The van der Waals surface area contributed by atoms with E-state index in [9.17, 15) is 9.59 Å². The van der Waals surface area contributed by atoms with Crippen LogP contribution < -0.4 is 5.32 Å². The number of fused-ring (bicyclic) bond motifs is 1. The number of hydrogen-bond donors (Lipinski definition) is 1. The van der Waals surface area contributed by atoms with E-state index >= 15 is 0 Å². The second-order valence-corrected chi connectivity index (χ2v) is 7.07. The lowest BCUT2D eigenvalue weighted by Gasteiger charge is -2.08. The Bertz CT molecular complexity index is 921. The molecule has 1 amide bonds. The van der Waals surface area contributed by atoms with E-state index < -0.39 is 0 Å². The number of carbonyl (C=O) groups excluding carboxylic acids is 2. The largest absolute Gasteiger partial charge is 0.337 e. The molecule has 1 aromatic heterocycles. The lowest BCUT2D eigenvalue weighted by Crippen LogP contribution is -2.18. The number of halogens is 1. The molecule has 0 saturated heterocycles. The summed E-state index contributed by atoms with van der Waals surface area (Å²) < 4.78 is 2.69. The number of thioether (sulfide) groups is 1. The van der Waals surface area contributed by atoms with Gasteiger partial charge in [-0.25, -0.2) is 0 Å². The van der Waals surface area contributed by atoms with Gasteiger partial charge in [0.15, 0.2) is 6.29 Å². The molecule has 3 aromatic rings. The topological polar surface area (TPSA) is 51.1 Å². The van der Waals surface area contributed by atoms with Gasteiger partial charge in [0.25, 0.3) is 0 Å². The van der Waals surface area contributed by atoms with Crippen LogP contribution in [-0.2, 0) is 11.3 Å². The Balaban J connectivity index is 1.84. The minimum Gasteiger partial charge on any atom is -0.337 e. The minimum absolute atomic E-state index is 0.134. The van der Waals surface area contributed by atoms with Gasteiger partial charge in [0.05, 0.1) is 0 Å². The van der Waals surface area contributed by atoms with Crippen LogP contribution >= 0.6 is 27.7 Å². The number of amides is 1. The van der Waals surface area contributed by atoms with Gasteiger partial charge in [0.1, 0.15) is 6.54 Å². The van der Waals surface area contributed by atoms with Crippen molar-refractivity contribution in [2.45, 2.75) is 11.4 Å². The Morgan fingerprint density at radius 3 is 2.88 bits per heavy atom. The summed E-state index contributed by atoms with van der Waals surface area (Å²) in [5.41, 5.74) is 2.19. The molecule has 1 heterocycles. The Hall–Kier alpha value is -2.05. The summed E-state index contributed by atoms with van der Waals surface area (Å²) in [6, 6.07) is 13.4. The van der Waals surface area contributed by atoms with Gasteiger partial charge in [-0.2, -0.15) is 0 Å². The van der Waals surface area contributed by atoms with E-state index in [0.29, 0.717) is 5.56 Å². The zero-order valence-electron chi connectivity index (χ0n) is 13.0. The number of nitrogens with zero attached hydrogens (tertiary/aromatic N) is 1. The summed E-state index contributed by atoms with van der Waals surface area (Å²) in [7, 11) is 0. The molecule has 2 aromatic carbocycles. The maximum Gasteiger partial charge on any atom is 0.244 e. The quantitative estimate of drug-likeness (QED) is 0.501. The van der Waals surface area contributed by atoms with Gasteiger partial charge in [0.2, 0.25) is 5.91 Å². The average Bonchev–Trinajstić information content (AvgIpc) is 2.91. The molecule has 0 atom stereocenters. The molecule has 0 aliphatic carbocycles. The third-order valence-corrected chi connectivity index (χ3v) is 4.89. The van der Waals surface area contributed by atoms with E-state index in [1.807, 2.05) is 48.7 Å². The van der Waals surface area contributed by atoms with Crippen molar-refractivity contribution in [2.24, 2.45) is 0 Å². The van der Waals surface area contributed by atoms with Crippen LogP contribution in [-0.4, -0.2) is 23.0 Å². The average molecular weight is 403 g/mol. The highest BCUT2D eigenvalue weighted by Gasteiger charge is 2.11. The molecular formula is C18H15BrN2O2S. The Labute approximate surface area is 152 Å². The monoisotopic (exact) mass is 402 g/mol. The minimum atomic E-state index is -0.134. The first kappa shape index (κ1) is 16.8. The summed E-state index contributed by atoms with van der Waals surface area (Å²) in [5.74, 6) is -0.134. The van der Waals surface area contributed by atoms with Crippen molar-refractivity contribution in [3.63, 3.8) is 0 Å². The Morgan fingerprint density at radius 1 is 1.29 bits per heavy atom.